The molecule has 12 heteroatoms. The molecule has 1 amide bonds. The first-order valence-corrected chi connectivity index (χ1v) is 15.1. The summed E-state index contributed by atoms with van der Waals surface area (Å²) < 4.78 is 42.5. The van der Waals surface area contributed by atoms with E-state index in [9.17, 15) is 18.0 Å². The summed E-state index contributed by atoms with van der Waals surface area (Å²) in [6.45, 7) is 18.6. The van der Waals surface area contributed by atoms with Crippen LogP contribution in [0.5, 0.6) is 5.75 Å². The molecule has 1 aromatic carbocycles. The Morgan fingerprint density at radius 2 is 1.63 bits per heavy atom. The standard InChI is InChI=1S/C26H37ClF3N5O2Si/c1-16(2)38(17(3)4,18(5)6)14-13-22(36)35(23(25(7,8)9)24-31-33-34(10)32-24)19-11-12-21(20(27)15-19)37-26(28,29)30/h11-12,15-18,23H,1-10H3. The maximum atomic E-state index is 14.0. The Morgan fingerprint density at radius 3 is 2.03 bits per heavy atom. The van der Waals surface area contributed by atoms with Gasteiger partial charge in [-0.3, -0.25) is 9.69 Å². The number of alkyl halides is 3. The lowest BCUT2D eigenvalue weighted by molar-refractivity contribution is -0.274. The van der Waals surface area contributed by atoms with Crippen LogP contribution in [-0.4, -0.2) is 40.6 Å². The molecule has 0 bridgehead atoms. The van der Waals surface area contributed by atoms with Crippen LogP contribution in [0.4, 0.5) is 18.9 Å². The first kappa shape index (κ1) is 31.6. The van der Waals surface area contributed by atoms with Crippen LogP contribution >= 0.6 is 11.6 Å². The third-order valence-electron chi connectivity index (χ3n) is 6.74. The molecule has 0 aliphatic carbocycles. The van der Waals surface area contributed by atoms with Crippen LogP contribution in [0.25, 0.3) is 0 Å². The number of rotatable bonds is 7. The molecule has 0 fully saturated rings. The van der Waals surface area contributed by atoms with E-state index < -0.39 is 37.5 Å². The van der Waals surface area contributed by atoms with Gasteiger partial charge >= 0.3 is 12.3 Å². The van der Waals surface area contributed by atoms with Gasteiger partial charge in [0.05, 0.1) is 12.1 Å². The molecular weight excluding hydrogens is 535 g/mol. The predicted molar refractivity (Wildman–Crippen MR) is 145 cm³/mol. The smallest absolute Gasteiger partial charge is 0.404 e. The minimum absolute atomic E-state index is 0.238. The Bertz CT molecular complexity index is 1170. The van der Waals surface area contributed by atoms with Crippen LogP contribution in [0.1, 0.15) is 74.2 Å². The molecule has 1 aromatic heterocycles. The topological polar surface area (TPSA) is 73.1 Å². The molecule has 0 aliphatic rings. The molecule has 2 aromatic rings. The zero-order chi connectivity index (χ0) is 29.2. The summed E-state index contributed by atoms with van der Waals surface area (Å²) in [5.41, 5.74) is 3.94. The summed E-state index contributed by atoms with van der Waals surface area (Å²) in [5.74, 6) is 2.09. The van der Waals surface area contributed by atoms with E-state index in [2.05, 4.69) is 73.2 Å². The molecule has 0 aliphatic heterocycles. The summed E-state index contributed by atoms with van der Waals surface area (Å²) in [6, 6.07) is 2.93. The van der Waals surface area contributed by atoms with E-state index in [4.69, 9.17) is 11.6 Å². The highest BCUT2D eigenvalue weighted by atomic mass is 35.5. The van der Waals surface area contributed by atoms with Gasteiger partial charge in [-0.2, -0.15) is 4.80 Å². The number of amides is 1. The second-order valence-corrected chi connectivity index (χ2v) is 17.4. The van der Waals surface area contributed by atoms with Gasteiger partial charge < -0.3 is 4.74 Å². The van der Waals surface area contributed by atoms with Crippen LogP contribution in [0.15, 0.2) is 18.2 Å². The van der Waals surface area contributed by atoms with Gasteiger partial charge in [-0.25, -0.2) is 0 Å². The average Bonchev–Trinajstić information content (AvgIpc) is 3.16. The summed E-state index contributed by atoms with van der Waals surface area (Å²) in [6.07, 6.45) is -4.91. The lowest BCUT2D eigenvalue weighted by Gasteiger charge is -2.39. The van der Waals surface area contributed by atoms with Crippen LogP contribution < -0.4 is 9.64 Å². The minimum Gasteiger partial charge on any atom is -0.404 e. The molecular formula is C26H37ClF3N5O2Si. The normalized spacial score (nSPS) is 13.5. The Morgan fingerprint density at radius 1 is 1.08 bits per heavy atom. The Labute approximate surface area is 229 Å². The highest BCUT2D eigenvalue weighted by molar-refractivity contribution is 6.90. The highest BCUT2D eigenvalue weighted by Crippen LogP contribution is 2.43. The molecule has 210 valence electrons. The van der Waals surface area contributed by atoms with Gasteiger partial charge in [0.2, 0.25) is 0 Å². The average molecular weight is 572 g/mol. The maximum absolute atomic E-state index is 14.0. The third-order valence-corrected chi connectivity index (χ3v) is 13.3. The van der Waals surface area contributed by atoms with Crippen molar-refractivity contribution in [1.82, 2.24) is 20.2 Å². The fourth-order valence-corrected chi connectivity index (χ4v) is 10.6. The second kappa shape index (κ2) is 11.7. The predicted octanol–water partition coefficient (Wildman–Crippen LogP) is 7.10. The number of aryl methyl sites for hydroxylation is 1. The van der Waals surface area contributed by atoms with Crippen LogP contribution in [-0.2, 0) is 11.8 Å². The summed E-state index contributed by atoms with van der Waals surface area (Å²) in [7, 11) is -0.660. The monoisotopic (exact) mass is 571 g/mol. The van der Waals surface area contributed by atoms with Crippen molar-refractivity contribution in [3.63, 3.8) is 0 Å². The van der Waals surface area contributed by atoms with Gasteiger partial charge in [-0.15, -0.1) is 28.9 Å². The van der Waals surface area contributed by atoms with Crippen LogP contribution in [0, 0.1) is 16.9 Å². The number of benzene rings is 1. The number of hydrogen-bond donors (Lipinski definition) is 0. The number of ether oxygens (including phenoxy) is 1. The number of anilines is 1. The van der Waals surface area contributed by atoms with Crippen molar-refractivity contribution in [3.8, 4) is 17.2 Å². The summed E-state index contributed by atoms with van der Waals surface area (Å²) in [5, 5.41) is 12.1. The Hall–Kier alpha value is -2.58. The van der Waals surface area contributed by atoms with Crippen molar-refractivity contribution in [1.29, 1.82) is 0 Å². The van der Waals surface area contributed by atoms with Gasteiger partial charge in [0, 0.05) is 5.69 Å². The van der Waals surface area contributed by atoms with Crippen molar-refractivity contribution in [2.75, 3.05) is 4.90 Å². The second-order valence-electron chi connectivity index (χ2n) is 11.4. The van der Waals surface area contributed by atoms with Gasteiger partial charge in [0.15, 0.2) is 5.82 Å². The van der Waals surface area contributed by atoms with Gasteiger partial charge in [-0.1, -0.05) is 73.9 Å². The zero-order valence-corrected chi connectivity index (χ0v) is 25.4. The molecule has 7 nitrogen and oxygen atoms in total. The van der Waals surface area contributed by atoms with E-state index in [0.29, 0.717) is 16.6 Å². The highest BCUT2D eigenvalue weighted by Gasteiger charge is 2.43. The maximum Gasteiger partial charge on any atom is 0.573 e. The number of aromatic nitrogens is 4. The Balaban J connectivity index is 2.77. The van der Waals surface area contributed by atoms with E-state index in [1.54, 1.807) is 7.05 Å². The molecule has 0 spiro atoms. The number of tetrazole rings is 1. The molecule has 0 N–H and O–H groups in total. The first-order chi connectivity index (χ1) is 17.3. The lowest BCUT2D eigenvalue weighted by atomic mass is 9.84. The van der Waals surface area contributed by atoms with Crippen molar-refractivity contribution in [3.05, 3.63) is 29.0 Å². The molecule has 38 heavy (non-hydrogen) atoms. The largest absolute Gasteiger partial charge is 0.573 e. The Kier molecular flexibility index (Phi) is 9.70. The van der Waals surface area contributed by atoms with E-state index in [-0.39, 0.29) is 16.5 Å². The molecule has 1 atom stereocenters. The van der Waals surface area contributed by atoms with Gasteiger partial charge in [-0.05, 0) is 51.4 Å². The number of hydrogen-bond acceptors (Lipinski definition) is 5. The lowest BCUT2D eigenvalue weighted by Crippen LogP contribution is -2.45. The van der Waals surface area contributed by atoms with E-state index in [0.717, 1.165) is 6.07 Å². The number of carbonyl (C=O) groups is 1. The quantitative estimate of drug-likeness (QED) is 0.262. The molecule has 1 unspecified atom stereocenters. The zero-order valence-electron chi connectivity index (χ0n) is 23.6. The minimum atomic E-state index is -4.91. The van der Waals surface area contributed by atoms with Gasteiger partial charge in [0.25, 0.3) is 0 Å². The number of halogens is 4. The van der Waals surface area contributed by atoms with Crippen molar-refractivity contribution in [2.24, 2.45) is 12.5 Å². The molecule has 0 saturated heterocycles. The van der Waals surface area contributed by atoms with E-state index in [1.807, 2.05) is 20.8 Å². The molecule has 1 heterocycles. The van der Waals surface area contributed by atoms with Crippen molar-refractivity contribution < 1.29 is 22.7 Å². The molecule has 0 radical (unpaired) electrons. The van der Waals surface area contributed by atoms with Crippen molar-refractivity contribution >= 4 is 31.3 Å². The van der Waals surface area contributed by atoms with E-state index in [1.165, 1.54) is 21.8 Å². The fraction of sp³-hybridized carbons (Fsp3) is 0.615. The van der Waals surface area contributed by atoms with Crippen molar-refractivity contribution in [2.45, 2.75) is 91.3 Å². The van der Waals surface area contributed by atoms with Crippen LogP contribution in [0.2, 0.25) is 21.6 Å². The van der Waals surface area contributed by atoms with Gasteiger partial charge in [0.1, 0.15) is 19.9 Å². The van der Waals surface area contributed by atoms with E-state index >= 15 is 0 Å². The molecule has 0 saturated carbocycles. The first-order valence-electron chi connectivity index (χ1n) is 12.5. The summed E-state index contributed by atoms with van der Waals surface area (Å²) >= 11 is 6.19. The SMILES string of the molecule is CC(C)[Si](C#CC(=O)N(c1ccc(OC(F)(F)F)c(Cl)c1)C(c1nnn(C)n1)C(C)(C)C)(C(C)C)C(C)C. The third kappa shape index (κ3) is 7.08. The fourth-order valence-electron chi connectivity index (χ4n) is 5.18. The summed E-state index contributed by atoms with van der Waals surface area (Å²) in [4.78, 5) is 16.7. The molecule has 2 rings (SSSR count). The number of carbonyl (C=O) groups excluding carboxylic acids is 1. The number of nitrogens with zero attached hydrogens (tertiary/aromatic N) is 5. The van der Waals surface area contributed by atoms with Crippen LogP contribution in [0.3, 0.4) is 0 Å².